The highest BCUT2D eigenvalue weighted by Gasteiger charge is 2.23. The fourth-order valence-electron chi connectivity index (χ4n) is 1.75. The van der Waals surface area contributed by atoms with E-state index in [1.807, 2.05) is 6.08 Å². The van der Waals surface area contributed by atoms with Gasteiger partial charge in [-0.15, -0.1) is 0 Å². The SMILES string of the molecule is Cc1ccc2c(c1)C(C)(C)C=C[C]2. The van der Waals surface area contributed by atoms with Crippen LogP contribution in [-0.2, 0) is 5.41 Å². The van der Waals surface area contributed by atoms with Crippen LogP contribution in [0.4, 0.5) is 0 Å². The van der Waals surface area contributed by atoms with Gasteiger partial charge < -0.3 is 0 Å². The lowest BCUT2D eigenvalue weighted by molar-refractivity contribution is 0.658. The Morgan fingerprint density at radius 3 is 2.77 bits per heavy atom. The van der Waals surface area contributed by atoms with Gasteiger partial charge in [-0.1, -0.05) is 49.8 Å². The summed E-state index contributed by atoms with van der Waals surface area (Å²) in [6, 6.07) is 6.54. The van der Waals surface area contributed by atoms with Crippen molar-refractivity contribution in [2.75, 3.05) is 0 Å². The van der Waals surface area contributed by atoms with Gasteiger partial charge in [-0.25, -0.2) is 0 Å². The Morgan fingerprint density at radius 1 is 1.23 bits per heavy atom. The van der Waals surface area contributed by atoms with Crippen LogP contribution in [0.2, 0.25) is 0 Å². The number of hydrogen-bond donors (Lipinski definition) is 0. The fraction of sp³-hybridized carbons (Fsp3) is 0.308. The Morgan fingerprint density at radius 2 is 2.00 bits per heavy atom. The Bertz CT molecular complexity index is 356. The summed E-state index contributed by atoms with van der Waals surface area (Å²) in [5.74, 6) is 0. The van der Waals surface area contributed by atoms with Crippen molar-refractivity contribution in [1.29, 1.82) is 0 Å². The van der Waals surface area contributed by atoms with Gasteiger partial charge in [0.1, 0.15) is 0 Å². The first-order valence-electron chi connectivity index (χ1n) is 4.65. The van der Waals surface area contributed by atoms with Gasteiger partial charge in [0.15, 0.2) is 0 Å². The Kier molecular flexibility index (Phi) is 1.80. The molecular formula is C13H14. The van der Waals surface area contributed by atoms with Gasteiger partial charge in [-0.3, -0.25) is 0 Å². The maximum atomic E-state index is 3.26. The van der Waals surface area contributed by atoms with E-state index in [9.17, 15) is 0 Å². The summed E-state index contributed by atoms with van der Waals surface area (Å²) in [7, 11) is 0. The van der Waals surface area contributed by atoms with Crippen LogP contribution in [-0.4, -0.2) is 0 Å². The van der Waals surface area contributed by atoms with Gasteiger partial charge >= 0.3 is 0 Å². The summed E-state index contributed by atoms with van der Waals surface area (Å²) >= 11 is 0. The Balaban J connectivity index is 2.60. The minimum atomic E-state index is 0.159. The molecule has 0 amide bonds. The van der Waals surface area contributed by atoms with Crippen molar-refractivity contribution in [3.63, 3.8) is 0 Å². The van der Waals surface area contributed by atoms with Crippen LogP contribution in [0.1, 0.15) is 30.5 Å². The van der Waals surface area contributed by atoms with Crippen molar-refractivity contribution >= 4 is 0 Å². The van der Waals surface area contributed by atoms with E-state index >= 15 is 0 Å². The molecule has 1 aliphatic rings. The van der Waals surface area contributed by atoms with Crippen LogP contribution in [0.15, 0.2) is 30.4 Å². The summed E-state index contributed by atoms with van der Waals surface area (Å²) in [5, 5.41) is 0. The predicted octanol–water partition coefficient (Wildman–Crippen LogP) is 3.27. The van der Waals surface area contributed by atoms with Crippen molar-refractivity contribution in [2.24, 2.45) is 0 Å². The van der Waals surface area contributed by atoms with Gasteiger partial charge in [0.25, 0.3) is 0 Å². The van der Waals surface area contributed by atoms with Crippen molar-refractivity contribution in [3.05, 3.63) is 53.5 Å². The van der Waals surface area contributed by atoms with Gasteiger partial charge in [-0.2, -0.15) is 0 Å². The molecule has 0 bridgehead atoms. The smallest absolute Gasteiger partial charge is 0.0423 e. The summed E-state index contributed by atoms with van der Waals surface area (Å²) in [6.07, 6.45) is 7.49. The minimum Gasteiger partial charge on any atom is -0.0775 e. The topological polar surface area (TPSA) is 0 Å². The number of allylic oxidation sites excluding steroid dienone is 2. The van der Waals surface area contributed by atoms with Crippen molar-refractivity contribution in [2.45, 2.75) is 26.2 Å². The summed E-state index contributed by atoms with van der Waals surface area (Å²) in [4.78, 5) is 0. The molecule has 2 rings (SSSR count). The average Bonchev–Trinajstić information content (AvgIpc) is 2.06. The molecule has 66 valence electrons. The van der Waals surface area contributed by atoms with Crippen LogP contribution in [0.5, 0.6) is 0 Å². The second kappa shape index (κ2) is 2.73. The maximum absolute atomic E-state index is 3.26. The van der Waals surface area contributed by atoms with E-state index in [-0.39, 0.29) is 5.41 Å². The lowest BCUT2D eigenvalue weighted by atomic mass is 9.77. The quantitative estimate of drug-likeness (QED) is 0.560. The third-order valence-electron chi connectivity index (χ3n) is 2.61. The zero-order valence-electron chi connectivity index (χ0n) is 8.39. The van der Waals surface area contributed by atoms with Crippen LogP contribution in [0, 0.1) is 13.3 Å². The molecule has 0 fully saturated rings. The van der Waals surface area contributed by atoms with Gasteiger partial charge in [0, 0.05) is 11.8 Å². The number of hydrogen-bond acceptors (Lipinski definition) is 0. The highest BCUT2D eigenvalue weighted by atomic mass is 14.3. The van der Waals surface area contributed by atoms with Crippen molar-refractivity contribution in [1.82, 2.24) is 0 Å². The maximum Gasteiger partial charge on any atom is 0.0423 e. The molecule has 13 heavy (non-hydrogen) atoms. The number of aryl methyl sites for hydroxylation is 1. The molecule has 0 heterocycles. The van der Waals surface area contributed by atoms with Crippen LogP contribution < -0.4 is 0 Å². The Labute approximate surface area is 80.3 Å². The molecule has 0 aromatic heterocycles. The summed E-state index contributed by atoms with van der Waals surface area (Å²) in [6.45, 7) is 6.61. The zero-order chi connectivity index (χ0) is 9.47. The highest BCUT2D eigenvalue weighted by molar-refractivity contribution is 5.48. The molecule has 0 N–H and O–H groups in total. The summed E-state index contributed by atoms with van der Waals surface area (Å²) in [5.41, 5.74) is 4.10. The molecule has 0 saturated carbocycles. The molecule has 0 heteroatoms. The van der Waals surface area contributed by atoms with Crippen molar-refractivity contribution < 1.29 is 0 Å². The molecular weight excluding hydrogens is 156 g/mol. The molecule has 1 aromatic rings. The van der Waals surface area contributed by atoms with E-state index in [1.54, 1.807) is 0 Å². The van der Waals surface area contributed by atoms with Gasteiger partial charge in [0.2, 0.25) is 0 Å². The molecule has 1 aliphatic carbocycles. The molecule has 0 atom stereocenters. The monoisotopic (exact) mass is 170 g/mol. The molecule has 0 aliphatic heterocycles. The molecule has 0 unspecified atom stereocenters. The third kappa shape index (κ3) is 1.41. The lowest BCUT2D eigenvalue weighted by Gasteiger charge is -2.27. The van der Waals surface area contributed by atoms with Gasteiger partial charge in [-0.05, 0) is 18.1 Å². The van der Waals surface area contributed by atoms with Crippen LogP contribution in [0.3, 0.4) is 0 Å². The van der Waals surface area contributed by atoms with E-state index in [4.69, 9.17) is 0 Å². The fourth-order valence-corrected chi connectivity index (χ4v) is 1.75. The minimum absolute atomic E-state index is 0.159. The molecule has 0 nitrogen and oxygen atoms in total. The van der Waals surface area contributed by atoms with Gasteiger partial charge in [0.05, 0.1) is 0 Å². The van der Waals surface area contributed by atoms with E-state index in [1.165, 1.54) is 16.7 Å². The normalized spacial score (nSPS) is 18.4. The second-order valence-electron chi connectivity index (χ2n) is 4.25. The number of rotatable bonds is 0. The Hall–Kier alpha value is -1.04. The predicted molar refractivity (Wildman–Crippen MR) is 55.7 cm³/mol. The molecule has 2 radical (unpaired) electrons. The first-order chi connectivity index (χ1) is 6.09. The second-order valence-corrected chi connectivity index (χ2v) is 4.25. The largest absolute Gasteiger partial charge is 0.0775 e. The van der Waals surface area contributed by atoms with E-state index < -0.39 is 0 Å². The van der Waals surface area contributed by atoms with Crippen LogP contribution >= 0.6 is 0 Å². The third-order valence-corrected chi connectivity index (χ3v) is 2.61. The molecule has 1 aromatic carbocycles. The highest BCUT2D eigenvalue weighted by Crippen LogP contribution is 2.33. The summed E-state index contributed by atoms with van der Waals surface area (Å²) < 4.78 is 0. The number of fused-ring (bicyclic) bond motifs is 1. The van der Waals surface area contributed by atoms with Crippen LogP contribution in [0.25, 0.3) is 0 Å². The zero-order valence-corrected chi connectivity index (χ0v) is 8.39. The average molecular weight is 170 g/mol. The first kappa shape index (κ1) is 8.55. The molecule has 0 spiro atoms. The van der Waals surface area contributed by atoms with E-state index in [0.717, 1.165) is 0 Å². The first-order valence-corrected chi connectivity index (χ1v) is 4.65. The lowest BCUT2D eigenvalue weighted by Crippen LogP contribution is -2.18. The van der Waals surface area contributed by atoms with E-state index in [0.29, 0.717) is 0 Å². The van der Waals surface area contributed by atoms with E-state index in [2.05, 4.69) is 51.5 Å². The van der Waals surface area contributed by atoms with Crippen molar-refractivity contribution in [3.8, 4) is 0 Å². The number of benzene rings is 1. The standard InChI is InChI=1S/C13H14/c1-10-6-7-11-5-4-8-13(2,3)12(11)9-10/h4,6-9H,1-3H3. The molecule has 0 saturated heterocycles.